The van der Waals surface area contributed by atoms with Crippen molar-refractivity contribution in [2.24, 2.45) is 0 Å². The van der Waals surface area contributed by atoms with Crippen LogP contribution >= 0.6 is 11.3 Å². The largest absolute Gasteiger partial charge is 0.462 e. The molecule has 1 aliphatic heterocycles. The number of anilines is 1. The minimum absolute atomic E-state index is 0.0449. The van der Waals surface area contributed by atoms with Crippen LogP contribution in [-0.2, 0) is 9.53 Å². The number of fused-ring (bicyclic) bond motifs is 1. The molecule has 6 heteroatoms. The summed E-state index contributed by atoms with van der Waals surface area (Å²) in [5.74, 6) is -0.136. The number of hydrogen-bond acceptors (Lipinski definition) is 6. The summed E-state index contributed by atoms with van der Waals surface area (Å²) >= 11 is 1.73. The highest BCUT2D eigenvalue weighted by Gasteiger charge is 2.22. The Morgan fingerprint density at radius 2 is 2.00 bits per heavy atom. The highest BCUT2D eigenvalue weighted by Crippen LogP contribution is 2.29. The molecule has 22 heavy (non-hydrogen) atoms. The second-order valence-electron chi connectivity index (χ2n) is 5.77. The van der Waals surface area contributed by atoms with Crippen LogP contribution in [0, 0.1) is 0 Å². The maximum Gasteiger partial charge on any atom is 0.320 e. The minimum Gasteiger partial charge on any atom is -0.462 e. The van der Waals surface area contributed by atoms with Crippen molar-refractivity contribution < 1.29 is 9.53 Å². The van der Waals surface area contributed by atoms with Gasteiger partial charge in [-0.15, -0.1) is 0 Å². The lowest BCUT2D eigenvalue weighted by molar-refractivity contribution is -0.148. The minimum atomic E-state index is -0.136. The normalized spacial score (nSPS) is 16.4. The number of aromatic nitrogens is 1. The van der Waals surface area contributed by atoms with Crippen molar-refractivity contribution in [2.75, 3.05) is 37.6 Å². The molecule has 2 aromatic rings. The Balaban J connectivity index is 1.56. The summed E-state index contributed by atoms with van der Waals surface area (Å²) in [5.41, 5.74) is 1.06. The smallest absolute Gasteiger partial charge is 0.320 e. The average Bonchev–Trinajstić information content (AvgIpc) is 2.91. The second kappa shape index (κ2) is 6.62. The van der Waals surface area contributed by atoms with Gasteiger partial charge in [0.1, 0.15) is 0 Å². The van der Waals surface area contributed by atoms with Gasteiger partial charge in [-0.05, 0) is 26.0 Å². The first kappa shape index (κ1) is 15.2. The van der Waals surface area contributed by atoms with Gasteiger partial charge in [0, 0.05) is 26.2 Å². The van der Waals surface area contributed by atoms with Gasteiger partial charge in [-0.25, -0.2) is 4.98 Å². The van der Waals surface area contributed by atoms with E-state index in [9.17, 15) is 4.79 Å². The molecule has 1 aliphatic rings. The molecule has 0 spiro atoms. The number of carbonyl (C=O) groups excluding carboxylic acids is 1. The zero-order valence-electron chi connectivity index (χ0n) is 13.0. The summed E-state index contributed by atoms with van der Waals surface area (Å²) in [7, 11) is 0. The highest BCUT2D eigenvalue weighted by molar-refractivity contribution is 7.22. The van der Waals surface area contributed by atoms with Gasteiger partial charge in [0.25, 0.3) is 0 Å². The lowest BCUT2D eigenvalue weighted by Gasteiger charge is -2.33. The van der Waals surface area contributed by atoms with Gasteiger partial charge < -0.3 is 9.64 Å². The molecular formula is C16H21N3O2S. The Bertz CT molecular complexity index is 615. The van der Waals surface area contributed by atoms with Crippen molar-refractivity contribution in [2.45, 2.75) is 20.0 Å². The molecule has 3 rings (SSSR count). The number of esters is 1. The zero-order chi connectivity index (χ0) is 15.5. The Hall–Kier alpha value is -1.66. The molecule has 0 amide bonds. The third kappa shape index (κ3) is 3.56. The van der Waals surface area contributed by atoms with E-state index in [2.05, 4.69) is 15.9 Å². The van der Waals surface area contributed by atoms with E-state index in [0.29, 0.717) is 6.54 Å². The molecule has 0 N–H and O–H groups in total. The molecular weight excluding hydrogens is 298 g/mol. The fraction of sp³-hybridized carbons (Fsp3) is 0.500. The number of ether oxygens (including phenoxy) is 1. The van der Waals surface area contributed by atoms with Crippen LogP contribution in [0.2, 0.25) is 0 Å². The highest BCUT2D eigenvalue weighted by atomic mass is 32.1. The summed E-state index contributed by atoms with van der Waals surface area (Å²) in [6, 6.07) is 8.22. The predicted octanol–water partition coefficient (Wildman–Crippen LogP) is 2.37. The zero-order valence-corrected chi connectivity index (χ0v) is 13.8. The molecule has 0 aliphatic carbocycles. The number of nitrogens with zero attached hydrogens (tertiary/aromatic N) is 3. The number of para-hydroxylation sites is 1. The van der Waals surface area contributed by atoms with Gasteiger partial charge in [-0.2, -0.15) is 0 Å². The molecule has 1 aromatic carbocycles. The summed E-state index contributed by atoms with van der Waals surface area (Å²) in [6.45, 7) is 7.66. The van der Waals surface area contributed by atoms with Crippen molar-refractivity contribution in [1.82, 2.24) is 9.88 Å². The monoisotopic (exact) mass is 319 g/mol. The van der Waals surface area contributed by atoms with Crippen molar-refractivity contribution in [1.29, 1.82) is 0 Å². The summed E-state index contributed by atoms with van der Waals surface area (Å²) in [4.78, 5) is 20.8. The van der Waals surface area contributed by atoms with Crippen LogP contribution in [0.25, 0.3) is 10.2 Å². The Labute approximate surface area is 134 Å². The maximum absolute atomic E-state index is 11.7. The number of hydrogen-bond donors (Lipinski definition) is 0. The van der Waals surface area contributed by atoms with Gasteiger partial charge in [-0.3, -0.25) is 9.69 Å². The lowest BCUT2D eigenvalue weighted by Crippen LogP contribution is -2.48. The summed E-state index contributed by atoms with van der Waals surface area (Å²) in [6.07, 6.45) is -0.0449. The number of rotatable bonds is 4. The Kier molecular flexibility index (Phi) is 4.59. The maximum atomic E-state index is 11.7. The number of piperazine rings is 1. The molecule has 118 valence electrons. The molecule has 0 radical (unpaired) electrons. The van der Waals surface area contributed by atoms with Gasteiger partial charge in [0.05, 0.1) is 22.9 Å². The van der Waals surface area contributed by atoms with E-state index in [0.717, 1.165) is 36.8 Å². The Morgan fingerprint density at radius 3 is 2.68 bits per heavy atom. The van der Waals surface area contributed by atoms with Gasteiger partial charge >= 0.3 is 5.97 Å². The predicted molar refractivity (Wildman–Crippen MR) is 89.5 cm³/mol. The molecule has 1 aromatic heterocycles. The first-order valence-electron chi connectivity index (χ1n) is 7.64. The summed E-state index contributed by atoms with van der Waals surface area (Å²) in [5, 5.41) is 1.07. The van der Waals surface area contributed by atoms with Crippen LogP contribution in [0.5, 0.6) is 0 Å². The third-order valence-electron chi connectivity index (χ3n) is 3.65. The molecule has 0 unspecified atom stereocenters. The van der Waals surface area contributed by atoms with Gasteiger partial charge in [0.15, 0.2) is 5.13 Å². The van der Waals surface area contributed by atoms with E-state index in [1.807, 2.05) is 32.0 Å². The van der Waals surface area contributed by atoms with Crippen molar-refractivity contribution in [3.05, 3.63) is 24.3 Å². The van der Waals surface area contributed by atoms with E-state index in [1.165, 1.54) is 4.70 Å². The molecule has 5 nitrogen and oxygen atoms in total. The number of thiazole rings is 1. The Morgan fingerprint density at radius 1 is 1.27 bits per heavy atom. The first-order valence-corrected chi connectivity index (χ1v) is 8.46. The van der Waals surface area contributed by atoms with E-state index in [1.54, 1.807) is 11.3 Å². The van der Waals surface area contributed by atoms with Crippen LogP contribution in [0.1, 0.15) is 13.8 Å². The second-order valence-corrected chi connectivity index (χ2v) is 6.78. The standard InChI is InChI=1S/C16H21N3O2S/c1-12(2)21-15(20)11-18-7-9-19(10-8-18)16-17-13-5-3-4-6-14(13)22-16/h3-6,12H,7-11H2,1-2H3. The van der Waals surface area contributed by atoms with Crippen LogP contribution in [0.15, 0.2) is 24.3 Å². The van der Waals surface area contributed by atoms with Crippen molar-refractivity contribution in [3.8, 4) is 0 Å². The van der Waals surface area contributed by atoms with Gasteiger partial charge in [-0.1, -0.05) is 23.5 Å². The van der Waals surface area contributed by atoms with E-state index in [-0.39, 0.29) is 12.1 Å². The molecule has 1 saturated heterocycles. The average molecular weight is 319 g/mol. The van der Waals surface area contributed by atoms with Crippen LogP contribution in [0.4, 0.5) is 5.13 Å². The van der Waals surface area contributed by atoms with E-state index >= 15 is 0 Å². The van der Waals surface area contributed by atoms with Crippen LogP contribution in [0.3, 0.4) is 0 Å². The lowest BCUT2D eigenvalue weighted by atomic mass is 10.3. The quantitative estimate of drug-likeness (QED) is 0.810. The third-order valence-corrected chi connectivity index (χ3v) is 4.74. The number of carbonyl (C=O) groups is 1. The molecule has 0 atom stereocenters. The molecule has 0 bridgehead atoms. The molecule has 0 saturated carbocycles. The molecule has 1 fully saturated rings. The fourth-order valence-corrected chi connectivity index (χ4v) is 3.59. The van der Waals surface area contributed by atoms with Crippen LogP contribution in [-0.4, -0.2) is 54.7 Å². The van der Waals surface area contributed by atoms with Gasteiger partial charge in [0.2, 0.25) is 0 Å². The SMILES string of the molecule is CC(C)OC(=O)CN1CCN(c2nc3ccccc3s2)CC1. The fourth-order valence-electron chi connectivity index (χ4n) is 2.58. The topological polar surface area (TPSA) is 45.7 Å². The molecule has 2 heterocycles. The van der Waals surface area contributed by atoms with Crippen molar-refractivity contribution >= 4 is 32.7 Å². The first-order chi connectivity index (χ1) is 10.6. The van der Waals surface area contributed by atoms with Crippen LogP contribution < -0.4 is 4.90 Å². The van der Waals surface area contributed by atoms with E-state index in [4.69, 9.17) is 9.72 Å². The van der Waals surface area contributed by atoms with Crippen molar-refractivity contribution in [3.63, 3.8) is 0 Å². The number of benzene rings is 1. The summed E-state index contributed by atoms with van der Waals surface area (Å²) < 4.78 is 6.42. The van der Waals surface area contributed by atoms with E-state index < -0.39 is 0 Å².